The zero-order valence-electron chi connectivity index (χ0n) is 16.8. The summed E-state index contributed by atoms with van der Waals surface area (Å²) in [5.74, 6) is -1.69. The summed E-state index contributed by atoms with van der Waals surface area (Å²) in [5, 5.41) is 11.2. The Morgan fingerprint density at radius 2 is 2.00 bits per heavy atom. The molecule has 3 heterocycles. The number of carbonyl (C=O) groups excluding carboxylic acids is 1. The van der Waals surface area contributed by atoms with Crippen LogP contribution >= 0.6 is 0 Å². The number of rotatable bonds is 5. The summed E-state index contributed by atoms with van der Waals surface area (Å²) in [4.78, 5) is 45.1. The van der Waals surface area contributed by atoms with Crippen LogP contribution in [0.3, 0.4) is 0 Å². The number of aromatic amines is 1. The van der Waals surface area contributed by atoms with Gasteiger partial charge in [-0.1, -0.05) is 6.07 Å². The second kappa shape index (κ2) is 7.94. The van der Waals surface area contributed by atoms with Crippen molar-refractivity contribution in [2.24, 2.45) is 0 Å². The summed E-state index contributed by atoms with van der Waals surface area (Å²) in [5.41, 5.74) is -0.342. The minimum Gasteiger partial charge on any atom is -0.497 e. The molecule has 4 rings (SSSR count). The molecular formula is C22H19N3O6. The zero-order chi connectivity index (χ0) is 22.1. The highest BCUT2D eigenvalue weighted by Gasteiger charge is 2.29. The van der Waals surface area contributed by atoms with Gasteiger partial charge in [-0.05, 0) is 35.7 Å². The number of hydrogen-bond donors (Lipinski definition) is 2. The maximum Gasteiger partial charge on any atom is 0.306 e. The van der Waals surface area contributed by atoms with E-state index >= 15 is 0 Å². The van der Waals surface area contributed by atoms with E-state index < -0.39 is 28.9 Å². The van der Waals surface area contributed by atoms with Gasteiger partial charge in [-0.25, -0.2) is 0 Å². The highest BCUT2D eigenvalue weighted by molar-refractivity contribution is 5.81. The molecular weight excluding hydrogens is 402 g/mol. The van der Waals surface area contributed by atoms with E-state index in [1.165, 1.54) is 24.8 Å². The van der Waals surface area contributed by atoms with Crippen LogP contribution < -0.4 is 15.9 Å². The lowest BCUT2D eigenvalue weighted by atomic mass is 9.89. The first-order chi connectivity index (χ1) is 14.9. The van der Waals surface area contributed by atoms with Crippen LogP contribution in [0.2, 0.25) is 0 Å². The number of esters is 1. The van der Waals surface area contributed by atoms with Crippen LogP contribution in [0.5, 0.6) is 11.6 Å². The smallest absolute Gasteiger partial charge is 0.306 e. The first-order valence-electron chi connectivity index (χ1n) is 9.41. The number of ether oxygens (including phenoxy) is 2. The Morgan fingerprint density at radius 3 is 2.74 bits per heavy atom. The average Bonchev–Trinajstić information content (AvgIpc) is 2.77. The quantitative estimate of drug-likeness (QED) is 0.472. The first-order valence-corrected chi connectivity index (χ1v) is 9.41. The Morgan fingerprint density at radius 1 is 1.19 bits per heavy atom. The van der Waals surface area contributed by atoms with E-state index in [2.05, 4.69) is 9.97 Å². The molecule has 0 saturated carbocycles. The van der Waals surface area contributed by atoms with Crippen LogP contribution in [-0.2, 0) is 9.53 Å². The lowest BCUT2D eigenvalue weighted by Gasteiger charge is -2.17. The normalized spacial score (nSPS) is 12.1. The number of benzene rings is 1. The van der Waals surface area contributed by atoms with Gasteiger partial charge in [0.25, 0.3) is 11.1 Å². The number of fused-ring (bicyclic) bond motifs is 2. The van der Waals surface area contributed by atoms with Gasteiger partial charge in [0.1, 0.15) is 11.4 Å². The second-order valence-corrected chi connectivity index (χ2v) is 6.92. The van der Waals surface area contributed by atoms with Gasteiger partial charge >= 0.3 is 5.97 Å². The predicted molar refractivity (Wildman–Crippen MR) is 113 cm³/mol. The molecule has 0 spiro atoms. The molecule has 9 nitrogen and oxygen atoms in total. The van der Waals surface area contributed by atoms with Gasteiger partial charge in [-0.3, -0.25) is 18.8 Å². The molecule has 3 aromatic heterocycles. The molecule has 1 unspecified atom stereocenters. The number of H-pyrrole nitrogens is 1. The fourth-order valence-electron chi connectivity index (χ4n) is 3.60. The van der Waals surface area contributed by atoms with E-state index in [0.717, 1.165) is 0 Å². The van der Waals surface area contributed by atoms with Crippen LogP contribution in [0.25, 0.3) is 16.6 Å². The molecule has 0 aliphatic carbocycles. The van der Waals surface area contributed by atoms with Gasteiger partial charge in [-0.2, -0.15) is 4.98 Å². The van der Waals surface area contributed by atoms with Crippen molar-refractivity contribution in [1.29, 1.82) is 0 Å². The summed E-state index contributed by atoms with van der Waals surface area (Å²) < 4.78 is 11.2. The summed E-state index contributed by atoms with van der Waals surface area (Å²) in [6.45, 7) is 0. The summed E-state index contributed by atoms with van der Waals surface area (Å²) in [7, 11) is 2.73. The third kappa shape index (κ3) is 3.61. The number of pyridine rings is 2. The Hall–Kier alpha value is -4.14. The van der Waals surface area contributed by atoms with Crippen molar-refractivity contribution in [3.8, 4) is 11.6 Å². The summed E-state index contributed by atoms with van der Waals surface area (Å²) in [6, 6.07) is 11.6. The topological polar surface area (TPSA) is 123 Å². The molecule has 31 heavy (non-hydrogen) atoms. The number of hydrogen-bond acceptors (Lipinski definition) is 7. The molecule has 0 saturated heterocycles. The molecule has 1 atom stereocenters. The van der Waals surface area contributed by atoms with E-state index in [4.69, 9.17) is 9.47 Å². The molecule has 0 bridgehead atoms. The molecule has 0 aliphatic rings. The minimum absolute atomic E-state index is 0.133. The van der Waals surface area contributed by atoms with Crippen molar-refractivity contribution < 1.29 is 19.4 Å². The van der Waals surface area contributed by atoms with Crippen LogP contribution in [0, 0.1) is 0 Å². The number of carbonyl (C=O) groups is 1. The Balaban J connectivity index is 1.98. The SMILES string of the molecule is COC(=O)CC(c1cc2ccc(OC)cc2[nH]c1=O)c1c(O)nc2ccccn2c1=O. The maximum absolute atomic E-state index is 13.2. The largest absolute Gasteiger partial charge is 0.497 e. The zero-order valence-corrected chi connectivity index (χ0v) is 16.8. The van der Waals surface area contributed by atoms with Gasteiger partial charge in [0, 0.05) is 23.7 Å². The standard InChI is InChI=1S/C22H19N3O6/c1-30-13-7-6-12-9-15(20(27)23-16(12)10-13)14(11-18(26)31-2)19-21(28)24-17-5-3-4-8-25(17)22(19)29/h3-10,14,28H,11H2,1-2H3,(H,23,27). The summed E-state index contributed by atoms with van der Waals surface area (Å²) >= 11 is 0. The Bertz CT molecular complexity index is 1420. The minimum atomic E-state index is -1.07. The molecule has 1 aromatic carbocycles. The monoisotopic (exact) mass is 421 g/mol. The van der Waals surface area contributed by atoms with Gasteiger partial charge in [-0.15, -0.1) is 0 Å². The van der Waals surface area contributed by atoms with Crippen molar-refractivity contribution in [2.75, 3.05) is 14.2 Å². The van der Waals surface area contributed by atoms with E-state index in [1.807, 2.05) is 0 Å². The number of methoxy groups -OCH3 is 2. The van der Waals surface area contributed by atoms with Gasteiger partial charge in [0.15, 0.2) is 0 Å². The van der Waals surface area contributed by atoms with Crippen LogP contribution in [0.1, 0.15) is 23.5 Å². The van der Waals surface area contributed by atoms with Crippen LogP contribution in [0.15, 0.2) is 58.3 Å². The first kappa shape index (κ1) is 20.1. The van der Waals surface area contributed by atoms with Crippen molar-refractivity contribution >= 4 is 22.5 Å². The number of nitrogens with one attached hydrogen (secondary N) is 1. The highest BCUT2D eigenvalue weighted by Crippen LogP contribution is 2.31. The second-order valence-electron chi connectivity index (χ2n) is 6.92. The van der Waals surface area contributed by atoms with E-state index in [0.29, 0.717) is 16.7 Å². The number of aromatic hydroxyl groups is 1. The Kier molecular flexibility index (Phi) is 5.16. The van der Waals surface area contributed by atoms with Crippen LogP contribution in [0.4, 0.5) is 0 Å². The van der Waals surface area contributed by atoms with Crippen molar-refractivity contribution in [3.63, 3.8) is 0 Å². The van der Waals surface area contributed by atoms with Crippen molar-refractivity contribution in [3.05, 3.63) is 80.5 Å². The van der Waals surface area contributed by atoms with Crippen molar-refractivity contribution in [1.82, 2.24) is 14.4 Å². The third-order valence-electron chi connectivity index (χ3n) is 5.15. The average molecular weight is 421 g/mol. The van der Waals surface area contributed by atoms with Gasteiger partial charge in [0.05, 0.1) is 31.7 Å². The van der Waals surface area contributed by atoms with E-state index in [-0.39, 0.29) is 23.2 Å². The van der Waals surface area contributed by atoms with Gasteiger partial charge < -0.3 is 19.6 Å². The third-order valence-corrected chi connectivity index (χ3v) is 5.15. The number of nitrogens with zero attached hydrogens (tertiary/aromatic N) is 2. The molecule has 0 amide bonds. The molecule has 9 heteroatoms. The maximum atomic E-state index is 13.2. The van der Waals surface area contributed by atoms with Crippen LogP contribution in [-0.4, -0.2) is 39.7 Å². The molecule has 158 valence electrons. The molecule has 4 aromatic rings. The van der Waals surface area contributed by atoms with Gasteiger partial charge in [0.2, 0.25) is 5.88 Å². The number of aromatic nitrogens is 3. The molecule has 0 aliphatic heterocycles. The summed E-state index contributed by atoms with van der Waals surface area (Å²) in [6.07, 6.45) is 1.17. The highest BCUT2D eigenvalue weighted by atomic mass is 16.5. The molecule has 0 radical (unpaired) electrons. The molecule has 0 fully saturated rings. The Labute approximate surface area is 175 Å². The predicted octanol–water partition coefficient (Wildman–Crippen LogP) is 1.95. The molecule has 2 N–H and O–H groups in total. The lowest BCUT2D eigenvalue weighted by molar-refractivity contribution is -0.140. The fourth-order valence-corrected chi connectivity index (χ4v) is 3.60. The van der Waals surface area contributed by atoms with Crippen molar-refractivity contribution in [2.45, 2.75) is 12.3 Å². The fraction of sp³-hybridized carbons (Fsp3) is 0.182. The van der Waals surface area contributed by atoms with E-state index in [9.17, 15) is 19.5 Å². The lowest BCUT2D eigenvalue weighted by Crippen LogP contribution is -2.27. The van der Waals surface area contributed by atoms with E-state index in [1.54, 1.807) is 42.5 Å².